The molecule has 1 amide bonds. The van der Waals surface area contributed by atoms with Gasteiger partial charge in [0.25, 0.3) is 5.91 Å². The number of nitrogens with zero attached hydrogens (tertiary/aromatic N) is 2. The summed E-state index contributed by atoms with van der Waals surface area (Å²) < 4.78 is 40.7. The molecule has 9 heteroatoms. The maximum atomic E-state index is 13.4. The number of benzene rings is 1. The second kappa shape index (κ2) is 6.32. The van der Waals surface area contributed by atoms with E-state index in [9.17, 15) is 18.0 Å². The number of nitrogens with two attached hydrogens (primary N) is 1. The summed E-state index contributed by atoms with van der Waals surface area (Å²) in [6, 6.07) is 3.49. The van der Waals surface area contributed by atoms with E-state index in [0.717, 1.165) is 6.20 Å². The van der Waals surface area contributed by atoms with E-state index in [1.165, 1.54) is 41.8 Å². The van der Waals surface area contributed by atoms with E-state index >= 15 is 0 Å². The van der Waals surface area contributed by atoms with Gasteiger partial charge in [-0.1, -0.05) is 17.4 Å². The molecule has 2 heterocycles. The lowest BCUT2D eigenvalue weighted by atomic mass is 10.1. The van der Waals surface area contributed by atoms with Crippen LogP contribution in [0.2, 0.25) is 0 Å². The van der Waals surface area contributed by atoms with Crippen LogP contribution in [0.3, 0.4) is 0 Å². The van der Waals surface area contributed by atoms with Gasteiger partial charge >= 0.3 is 6.18 Å². The van der Waals surface area contributed by atoms with E-state index in [1.807, 2.05) is 5.32 Å². The highest BCUT2D eigenvalue weighted by Crippen LogP contribution is 2.33. The van der Waals surface area contributed by atoms with Crippen LogP contribution in [0.4, 0.5) is 18.3 Å². The van der Waals surface area contributed by atoms with Crippen LogP contribution in [0.25, 0.3) is 10.2 Å². The van der Waals surface area contributed by atoms with Crippen molar-refractivity contribution in [2.75, 3.05) is 5.73 Å². The average Bonchev–Trinajstić information content (AvgIpc) is 2.93. The van der Waals surface area contributed by atoms with Crippen molar-refractivity contribution in [3.8, 4) is 0 Å². The zero-order chi connectivity index (χ0) is 18.2. The average molecular weight is 366 g/mol. The van der Waals surface area contributed by atoms with Crippen molar-refractivity contribution < 1.29 is 18.0 Å². The Balaban J connectivity index is 1.94. The van der Waals surface area contributed by atoms with Crippen LogP contribution in [-0.2, 0) is 0 Å². The fourth-order valence-electron chi connectivity index (χ4n) is 2.46. The van der Waals surface area contributed by atoms with Crippen LogP contribution in [0.5, 0.6) is 0 Å². The fraction of sp³-hybridized carbons (Fsp3) is 0.188. The highest BCUT2D eigenvalue weighted by molar-refractivity contribution is 7.22. The van der Waals surface area contributed by atoms with Crippen molar-refractivity contribution in [3.63, 3.8) is 0 Å². The van der Waals surface area contributed by atoms with Gasteiger partial charge in [0.2, 0.25) is 0 Å². The van der Waals surface area contributed by atoms with Gasteiger partial charge < -0.3 is 11.1 Å². The minimum Gasteiger partial charge on any atom is -0.375 e. The zero-order valence-corrected chi connectivity index (χ0v) is 13.8. The van der Waals surface area contributed by atoms with Gasteiger partial charge in [0.1, 0.15) is 0 Å². The van der Waals surface area contributed by atoms with E-state index in [-0.39, 0.29) is 11.1 Å². The smallest absolute Gasteiger partial charge is 0.375 e. The minimum absolute atomic E-state index is 0.117. The normalized spacial score (nSPS) is 13.0. The molecule has 3 N–H and O–H groups in total. The third-order valence-corrected chi connectivity index (χ3v) is 4.42. The third kappa shape index (κ3) is 3.55. The van der Waals surface area contributed by atoms with E-state index < -0.39 is 18.1 Å². The molecule has 1 atom stereocenters. The Morgan fingerprint density at radius 3 is 2.76 bits per heavy atom. The number of thiazole rings is 1. The number of halogens is 3. The number of fused-ring (bicyclic) bond motifs is 1. The van der Waals surface area contributed by atoms with E-state index in [1.54, 1.807) is 6.92 Å². The van der Waals surface area contributed by atoms with Crippen molar-refractivity contribution in [2.24, 2.45) is 0 Å². The second-order valence-electron chi connectivity index (χ2n) is 5.43. The number of nitrogen functional groups attached to an aromatic ring is 1. The predicted molar refractivity (Wildman–Crippen MR) is 89.3 cm³/mol. The van der Waals surface area contributed by atoms with Gasteiger partial charge in [-0.15, -0.1) is 0 Å². The van der Waals surface area contributed by atoms with Crippen molar-refractivity contribution >= 4 is 32.6 Å². The Hall–Kier alpha value is -2.68. The number of carbonyl (C=O) groups excluding carboxylic acids is 1. The molecule has 130 valence electrons. The van der Waals surface area contributed by atoms with Crippen molar-refractivity contribution in [1.29, 1.82) is 0 Å². The number of aromatic nitrogens is 2. The van der Waals surface area contributed by atoms with Gasteiger partial charge in [-0.2, -0.15) is 13.2 Å². The summed E-state index contributed by atoms with van der Waals surface area (Å²) >= 11 is 1.17. The lowest BCUT2D eigenvalue weighted by molar-refractivity contribution is -0.155. The lowest BCUT2D eigenvalue weighted by Crippen LogP contribution is -2.38. The Labute approximate surface area is 144 Å². The Bertz CT molecular complexity index is 924. The molecule has 25 heavy (non-hydrogen) atoms. The molecular weight excluding hydrogens is 353 g/mol. The topological polar surface area (TPSA) is 80.9 Å². The number of hydrogen-bond donors (Lipinski definition) is 2. The molecule has 0 aliphatic carbocycles. The van der Waals surface area contributed by atoms with E-state index in [2.05, 4.69) is 9.97 Å². The molecule has 0 saturated heterocycles. The van der Waals surface area contributed by atoms with Gasteiger partial charge in [0.15, 0.2) is 11.2 Å². The van der Waals surface area contributed by atoms with Crippen LogP contribution in [0.1, 0.15) is 27.5 Å². The summed E-state index contributed by atoms with van der Waals surface area (Å²) in [4.78, 5) is 20.2. The summed E-state index contributed by atoms with van der Waals surface area (Å²) in [7, 11) is 0. The summed E-state index contributed by atoms with van der Waals surface area (Å²) in [5.41, 5.74) is 6.94. The number of aryl methyl sites for hydroxylation is 1. The lowest BCUT2D eigenvalue weighted by Gasteiger charge is -2.21. The first-order valence-corrected chi connectivity index (χ1v) is 8.01. The molecule has 0 aliphatic heterocycles. The largest absolute Gasteiger partial charge is 0.412 e. The third-order valence-electron chi connectivity index (χ3n) is 3.58. The first-order valence-electron chi connectivity index (χ1n) is 7.20. The van der Waals surface area contributed by atoms with Gasteiger partial charge in [-0.05, 0) is 30.7 Å². The number of pyridine rings is 1. The van der Waals surface area contributed by atoms with Gasteiger partial charge in [-0.25, -0.2) is 4.98 Å². The predicted octanol–water partition coefficient (Wildman–Crippen LogP) is 3.62. The number of alkyl halides is 3. The number of rotatable bonds is 3. The highest BCUT2D eigenvalue weighted by Gasteiger charge is 2.42. The van der Waals surface area contributed by atoms with Crippen LogP contribution >= 0.6 is 11.3 Å². The van der Waals surface area contributed by atoms with Gasteiger partial charge in [0.05, 0.1) is 10.2 Å². The number of hydrogen-bond acceptors (Lipinski definition) is 5. The van der Waals surface area contributed by atoms with Crippen molar-refractivity contribution in [3.05, 3.63) is 53.3 Å². The molecule has 0 bridgehead atoms. The molecule has 0 spiro atoms. The summed E-state index contributed by atoms with van der Waals surface area (Å²) in [6.07, 6.45) is -2.20. The molecule has 3 rings (SSSR count). The van der Waals surface area contributed by atoms with Crippen LogP contribution in [0, 0.1) is 6.92 Å². The summed E-state index contributed by atoms with van der Waals surface area (Å²) in [5.74, 6) is -0.830. The molecule has 0 fully saturated rings. The molecule has 2 aromatic heterocycles. The van der Waals surface area contributed by atoms with Gasteiger partial charge in [-0.3, -0.25) is 9.78 Å². The molecule has 1 unspecified atom stereocenters. The molecule has 0 saturated carbocycles. The highest BCUT2D eigenvalue weighted by atomic mass is 32.1. The first kappa shape index (κ1) is 17.2. The van der Waals surface area contributed by atoms with Crippen LogP contribution in [0.15, 0.2) is 36.7 Å². The standard InChI is InChI=1S/C16H13F3N4OS/c1-8-5-10(6-11-12(8)22-15(20)25-11)14(24)23-13(16(17,18)19)9-3-2-4-21-7-9/h2-7,13H,1H3,(H2,20,22)(H,23,24). The maximum Gasteiger partial charge on any atom is 0.412 e. The Morgan fingerprint density at radius 2 is 2.12 bits per heavy atom. The number of carbonyl (C=O) groups is 1. The molecule has 0 aliphatic rings. The Morgan fingerprint density at radius 1 is 1.36 bits per heavy atom. The number of nitrogens with one attached hydrogen (secondary N) is 1. The maximum absolute atomic E-state index is 13.4. The molecule has 1 aromatic carbocycles. The summed E-state index contributed by atoms with van der Waals surface area (Å²) in [6.45, 7) is 1.72. The first-order chi connectivity index (χ1) is 11.8. The van der Waals surface area contributed by atoms with Crippen molar-refractivity contribution in [2.45, 2.75) is 19.1 Å². The monoisotopic (exact) mass is 366 g/mol. The fourth-order valence-corrected chi connectivity index (χ4v) is 3.31. The molecular formula is C16H13F3N4OS. The van der Waals surface area contributed by atoms with Crippen molar-refractivity contribution in [1.82, 2.24) is 15.3 Å². The minimum atomic E-state index is -4.65. The number of anilines is 1. The zero-order valence-electron chi connectivity index (χ0n) is 13.0. The second-order valence-corrected chi connectivity index (χ2v) is 6.49. The molecule has 0 radical (unpaired) electrons. The quantitative estimate of drug-likeness (QED) is 0.742. The van der Waals surface area contributed by atoms with E-state index in [4.69, 9.17) is 5.73 Å². The molecule has 3 aromatic rings. The Kier molecular flexibility index (Phi) is 4.34. The van der Waals surface area contributed by atoms with Crippen LogP contribution < -0.4 is 11.1 Å². The summed E-state index contributed by atoms with van der Waals surface area (Å²) in [5, 5.41) is 2.37. The van der Waals surface area contributed by atoms with Gasteiger partial charge in [0, 0.05) is 23.5 Å². The van der Waals surface area contributed by atoms with E-state index in [0.29, 0.717) is 20.9 Å². The SMILES string of the molecule is Cc1cc(C(=O)NC(c2cccnc2)C(F)(F)F)cc2sc(N)nc12. The molecule has 5 nitrogen and oxygen atoms in total. The number of amides is 1. The van der Waals surface area contributed by atoms with Crippen LogP contribution in [-0.4, -0.2) is 22.1 Å².